The van der Waals surface area contributed by atoms with Crippen molar-refractivity contribution in [2.45, 2.75) is 32.7 Å². The number of ketones is 1. The quantitative estimate of drug-likeness (QED) is 0.445. The van der Waals surface area contributed by atoms with Gasteiger partial charge in [-0.3, -0.25) is 4.79 Å². The van der Waals surface area contributed by atoms with Crippen LogP contribution in [0.25, 0.3) is 0 Å². The number of nitrogens with one attached hydrogen (secondary N) is 1. The molecule has 1 aromatic heterocycles. The molecule has 1 aliphatic rings. The Morgan fingerprint density at radius 1 is 1.00 bits per heavy atom. The van der Waals surface area contributed by atoms with Crippen LogP contribution in [0.3, 0.4) is 0 Å². The van der Waals surface area contributed by atoms with E-state index in [1.807, 2.05) is 62.4 Å². The maximum Gasteiger partial charge on any atom is 0.340 e. The summed E-state index contributed by atoms with van der Waals surface area (Å²) in [5.74, 6) is -0.694. The van der Waals surface area contributed by atoms with E-state index in [9.17, 15) is 9.59 Å². The fourth-order valence-electron chi connectivity index (χ4n) is 3.69. The van der Waals surface area contributed by atoms with Crippen molar-refractivity contribution >= 4 is 23.1 Å². The Kier molecular flexibility index (Phi) is 5.21. The number of benzene rings is 2. The van der Waals surface area contributed by atoms with E-state index in [4.69, 9.17) is 4.74 Å². The highest BCUT2D eigenvalue weighted by Crippen LogP contribution is 2.38. The van der Waals surface area contributed by atoms with Gasteiger partial charge in [0.15, 0.2) is 6.61 Å². The lowest BCUT2D eigenvalue weighted by Crippen LogP contribution is -2.16. The number of nitrogens with zero attached hydrogens (tertiary/aromatic N) is 1. The molecular weight excluding hydrogens is 364 g/mol. The maximum absolute atomic E-state index is 12.7. The normalized spacial score (nSPS) is 13.2. The SMILES string of the molecule is Cc1cc(C(=O)COC(=O)c2ccccc2Nc2ccccc2)c(C)n1C1CC1. The van der Waals surface area contributed by atoms with Gasteiger partial charge in [0.25, 0.3) is 0 Å². The average Bonchev–Trinajstić information content (AvgIpc) is 3.51. The number of anilines is 2. The van der Waals surface area contributed by atoms with Crippen molar-refractivity contribution in [1.82, 2.24) is 4.57 Å². The number of aromatic nitrogens is 1. The van der Waals surface area contributed by atoms with Crippen molar-refractivity contribution in [3.63, 3.8) is 0 Å². The molecule has 1 fully saturated rings. The Bertz CT molecular complexity index is 1050. The molecule has 148 valence electrons. The van der Waals surface area contributed by atoms with Gasteiger partial charge in [-0.15, -0.1) is 0 Å². The number of carbonyl (C=O) groups is 2. The van der Waals surface area contributed by atoms with Crippen molar-refractivity contribution in [2.24, 2.45) is 0 Å². The molecule has 0 saturated heterocycles. The largest absolute Gasteiger partial charge is 0.454 e. The highest BCUT2D eigenvalue weighted by atomic mass is 16.5. The second-order valence-electron chi connectivity index (χ2n) is 7.42. The summed E-state index contributed by atoms with van der Waals surface area (Å²) in [7, 11) is 0. The topological polar surface area (TPSA) is 60.3 Å². The summed E-state index contributed by atoms with van der Waals surface area (Å²) in [5.41, 5.74) is 4.58. The lowest BCUT2D eigenvalue weighted by Gasteiger charge is -2.12. The van der Waals surface area contributed by atoms with Crippen molar-refractivity contribution in [1.29, 1.82) is 0 Å². The molecule has 0 unspecified atom stereocenters. The second-order valence-corrected chi connectivity index (χ2v) is 7.42. The number of Topliss-reactive ketones (excluding diaryl/α,β-unsaturated/α-hetero) is 1. The molecule has 0 bridgehead atoms. The molecule has 5 nitrogen and oxygen atoms in total. The molecular formula is C24H24N2O3. The molecule has 1 N–H and O–H groups in total. The summed E-state index contributed by atoms with van der Waals surface area (Å²) in [6.07, 6.45) is 2.31. The molecule has 2 aromatic carbocycles. The van der Waals surface area contributed by atoms with E-state index in [0.29, 0.717) is 22.9 Å². The molecule has 1 saturated carbocycles. The maximum atomic E-state index is 12.7. The van der Waals surface area contributed by atoms with Gasteiger partial charge in [-0.1, -0.05) is 30.3 Å². The van der Waals surface area contributed by atoms with E-state index >= 15 is 0 Å². The second kappa shape index (κ2) is 7.95. The standard InChI is InChI=1S/C24H24N2O3/c1-16-14-21(17(2)26(16)19-12-13-19)23(27)15-29-24(28)20-10-6-7-11-22(20)25-18-8-4-3-5-9-18/h3-11,14,19,25H,12-13,15H2,1-2H3. The highest BCUT2D eigenvalue weighted by Gasteiger charge is 2.28. The van der Waals surface area contributed by atoms with E-state index in [1.54, 1.807) is 12.1 Å². The molecule has 0 amide bonds. The van der Waals surface area contributed by atoms with Crippen LogP contribution in [0.15, 0.2) is 60.7 Å². The minimum atomic E-state index is -0.520. The zero-order valence-corrected chi connectivity index (χ0v) is 16.6. The third-order valence-electron chi connectivity index (χ3n) is 5.23. The summed E-state index contributed by atoms with van der Waals surface area (Å²) >= 11 is 0. The number of hydrogen-bond acceptors (Lipinski definition) is 4. The number of esters is 1. The molecule has 0 radical (unpaired) electrons. The Morgan fingerprint density at radius 3 is 2.41 bits per heavy atom. The highest BCUT2D eigenvalue weighted by molar-refractivity contribution is 6.02. The van der Waals surface area contributed by atoms with Gasteiger partial charge in [0.05, 0.1) is 11.3 Å². The first-order valence-corrected chi connectivity index (χ1v) is 9.84. The van der Waals surface area contributed by atoms with Gasteiger partial charge in [0.1, 0.15) is 0 Å². The van der Waals surface area contributed by atoms with Crippen LogP contribution in [0.2, 0.25) is 0 Å². The smallest absolute Gasteiger partial charge is 0.340 e. The molecule has 4 rings (SSSR count). The molecule has 3 aromatic rings. The number of hydrogen-bond donors (Lipinski definition) is 1. The van der Waals surface area contributed by atoms with Gasteiger partial charge < -0.3 is 14.6 Å². The van der Waals surface area contributed by atoms with Crippen molar-refractivity contribution in [3.8, 4) is 0 Å². The van der Waals surface area contributed by atoms with Crippen LogP contribution in [0.1, 0.15) is 51.0 Å². The lowest BCUT2D eigenvalue weighted by atomic mass is 10.1. The molecule has 5 heteroatoms. The number of rotatable bonds is 7. The monoisotopic (exact) mass is 388 g/mol. The van der Waals surface area contributed by atoms with Gasteiger partial charge in [-0.25, -0.2) is 4.79 Å². The first kappa shape index (κ1) is 19.0. The summed E-state index contributed by atoms with van der Waals surface area (Å²) in [5, 5.41) is 3.22. The Morgan fingerprint density at radius 2 is 1.69 bits per heavy atom. The average molecular weight is 388 g/mol. The zero-order chi connectivity index (χ0) is 20.4. The molecule has 0 atom stereocenters. The lowest BCUT2D eigenvalue weighted by molar-refractivity contribution is 0.0475. The van der Waals surface area contributed by atoms with Gasteiger partial charge in [0.2, 0.25) is 5.78 Å². The fourth-order valence-corrected chi connectivity index (χ4v) is 3.69. The van der Waals surface area contributed by atoms with E-state index in [1.165, 1.54) is 0 Å². The number of ether oxygens (including phenoxy) is 1. The third-order valence-corrected chi connectivity index (χ3v) is 5.23. The van der Waals surface area contributed by atoms with Gasteiger partial charge in [-0.05, 0) is 57.0 Å². The fraction of sp³-hybridized carbons (Fsp3) is 0.250. The van der Waals surface area contributed by atoms with E-state index < -0.39 is 5.97 Å². The van der Waals surface area contributed by atoms with Crippen LogP contribution in [-0.2, 0) is 4.74 Å². The summed E-state index contributed by atoms with van der Waals surface area (Å²) < 4.78 is 7.58. The van der Waals surface area contributed by atoms with Crippen LogP contribution in [0.5, 0.6) is 0 Å². The van der Waals surface area contributed by atoms with Crippen molar-refractivity contribution in [3.05, 3.63) is 83.2 Å². The summed E-state index contributed by atoms with van der Waals surface area (Å²) in [6.45, 7) is 3.70. The van der Waals surface area contributed by atoms with Crippen molar-refractivity contribution < 1.29 is 14.3 Å². The van der Waals surface area contributed by atoms with Crippen molar-refractivity contribution in [2.75, 3.05) is 11.9 Å². The minimum absolute atomic E-state index is 0.174. The Labute approximate surface area is 170 Å². The summed E-state index contributed by atoms with van der Waals surface area (Å²) in [6, 6.07) is 19.1. The van der Waals surface area contributed by atoms with Crippen LogP contribution in [0.4, 0.5) is 11.4 Å². The zero-order valence-electron chi connectivity index (χ0n) is 16.6. The van der Waals surface area contributed by atoms with Gasteiger partial charge in [0, 0.05) is 28.7 Å². The van der Waals surface area contributed by atoms with Crippen LogP contribution < -0.4 is 5.32 Å². The Balaban J connectivity index is 1.45. The predicted octanol–water partition coefficient (Wildman–Crippen LogP) is 5.22. The minimum Gasteiger partial charge on any atom is -0.454 e. The van der Waals surface area contributed by atoms with E-state index in [0.717, 1.165) is 29.9 Å². The molecule has 0 spiro atoms. The number of para-hydroxylation sites is 2. The first-order valence-electron chi connectivity index (χ1n) is 9.84. The molecule has 1 heterocycles. The Hall–Kier alpha value is -3.34. The van der Waals surface area contributed by atoms with E-state index in [-0.39, 0.29) is 12.4 Å². The molecule has 1 aliphatic carbocycles. The van der Waals surface area contributed by atoms with Gasteiger partial charge >= 0.3 is 5.97 Å². The van der Waals surface area contributed by atoms with Crippen LogP contribution in [0, 0.1) is 13.8 Å². The molecule has 0 aliphatic heterocycles. The van der Waals surface area contributed by atoms with Crippen LogP contribution in [-0.4, -0.2) is 22.9 Å². The first-order chi connectivity index (χ1) is 14.0. The van der Waals surface area contributed by atoms with Crippen LogP contribution >= 0.6 is 0 Å². The molecule has 29 heavy (non-hydrogen) atoms. The predicted molar refractivity (Wildman–Crippen MR) is 113 cm³/mol. The summed E-state index contributed by atoms with van der Waals surface area (Å²) in [4.78, 5) is 25.3. The van der Waals surface area contributed by atoms with Gasteiger partial charge in [-0.2, -0.15) is 0 Å². The van der Waals surface area contributed by atoms with E-state index in [2.05, 4.69) is 9.88 Å². The number of aryl methyl sites for hydroxylation is 1. The third kappa shape index (κ3) is 4.09. The number of carbonyl (C=O) groups excluding carboxylic acids is 2.